The van der Waals surface area contributed by atoms with Crippen molar-refractivity contribution in [3.05, 3.63) is 79.0 Å². The van der Waals surface area contributed by atoms with E-state index in [0.29, 0.717) is 52.3 Å². The van der Waals surface area contributed by atoms with Gasteiger partial charge in [-0.3, -0.25) is 4.68 Å². The standard InChI is InChI=1S/C24H20FN5O3S/c25-18-9-7-17(8-10-18)22-20(14-30(29-22)11-4-12-34(26,31)32)23-19-13-21(16-5-2-1-3-6-16)33-24(19)28-15-27-23/h1-3,5-10,13-15H,4,11-12H2,(H2,26,31,32). The Morgan fingerprint density at radius 2 is 1.74 bits per heavy atom. The predicted molar refractivity (Wildman–Crippen MR) is 126 cm³/mol. The highest BCUT2D eigenvalue weighted by Crippen LogP contribution is 2.36. The number of halogens is 1. The van der Waals surface area contributed by atoms with E-state index < -0.39 is 10.0 Å². The summed E-state index contributed by atoms with van der Waals surface area (Å²) >= 11 is 0. The molecule has 0 saturated carbocycles. The van der Waals surface area contributed by atoms with E-state index in [1.807, 2.05) is 36.4 Å². The second-order valence-corrected chi connectivity index (χ2v) is 9.53. The average Bonchev–Trinajstić information content (AvgIpc) is 3.44. The Kier molecular flexibility index (Phi) is 5.68. The molecule has 0 amide bonds. The van der Waals surface area contributed by atoms with Gasteiger partial charge in [0.05, 0.1) is 16.8 Å². The summed E-state index contributed by atoms with van der Waals surface area (Å²) in [6, 6.07) is 17.5. The highest BCUT2D eigenvalue weighted by atomic mass is 32.2. The van der Waals surface area contributed by atoms with Crippen LogP contribution in [0.25, 0.3) is 44.9 Å². The summed E-state index contributed by atoms with van der Waals surface area (Å²) in [5.74, 6) is 0.138. The smallest absolute Gasteiger partial charge is 0.230 e. The number of aryl methyl sites for hydroxylation is 1. The molecule has 0 atom stereocenters. The van der Waals surface area contributed by atoms with Gasteiger partial charge in [0, 0.05) is 29.4 Å². The van der Waals surface area contributed by atoms with Crippen molar-refractivity contribution >= 4 is 21.1 Å². The van der Waals surface area contributed by atoms with E-state index in [2.05, 4.69) is 15.1 Å². The molecule has 0 bridgehead atoms. The van der Waals surface area contributed by atoms with E-state index in [-0.39, 0.29) is 11.6 Å². The lowest BCUT2D eigenvalue weighted by atomic mass is 10.0. The molecule has 0 spiro atoms. The number of nitrogens with zero attached hydrogens (tertiary/aromatic N) is 4. The van der Waals surface area contributed by atoms with Crippen LogP contribution in [0.5, 0.6) is 0 Å². The zero-order valence-corrected chi connectivity index (χ0v) is 18.7. The molecule has 8 nitrogen and oxygen atoms in total. The van der Waals surface area contributed by atoms with Crippen molar-refractivity contribution in [2.24, 2.45) is 5.14 Å². The van der Waals surface area contributed by atoms with Gasteiger partial charge in [0.15, 0.2) is 0 Å². The zero-order chi connectivity index (χ0) is 23.7. The predicted octanol–water partition coefficient (Wildman–Crippen LogP) is 4.24. The van der Waals surface area contributed by atoms with E-state index in [1.165, 1.54) is 18.5 Å². The van der Waals surface area contributed by atoms with Crippen LogP contribution in [0.15, 0.2) is 77.6 Å². The minimum absolute atomic E-state index is 0.159. The summed E-state index contributed by atoms with van der Waals surface area (Å²) in [6.45, 7) is 0.333. The molecule has 5 rings (SSSR count). The highest BCUT2D eigenvalue weighted by molar-refractivity contribution is 7.89. The van der Waals surface area contributed by atoms with Gasteiger partial charge in [-0.05, 0) is 36.8 Å². The van der Waals surface area contributed by atoms with E-state index in [0.717, 1.165) is 5.56 Å². The van der Waals surface area contributed by atoms with Crippen LogP contribution in [-0.2, 0) is 16.6 Å². The fraction of sp³-hybridized carbons (Fsp3) is 0.125. The first-order valence-corrected chi connectivity index (χ1v) is 12.2. The van der Waals surface area contributed by atoms with Crippen LogP contribution >= 0.6 is 0 Å². The van der Waals surface area contributed by atoms with Crippen molar-refractivity contribution in [1.82, 2.24) is 19.7 Å². The number of rotatable bonds is 7. The summed E-state index contributed by atoms with van der Waals surface area (Å²) in [6.07, 6.45) is 3.51. The van der Waals surface area contributed by atoms with Gasteiger partial charge in [-0.1, -0.05) is 30.3 Å². The van der Waals surface area contributed by atoms with Crippen molar-refractivity contribution in [2.75, 3.05) is 5.75 Å². The number of aromatic nitrogens is 4. The highest BCUT2D eigenvalue weighted by Gasteiger charge is 2.20. The average molecular weight is 478 g/mol. The van der Waals surface area contributed by atoms with Crippen LogP contribution in [0.1, 0.15) is 6.42 Å². The van der Waals surface area contributed by atoms with Crippen LogP contribution in [0.3, 0.4) is 0 Å². The first kappa shape index (κ1) is 21.9. The van der Waals surface area contributed by atoms with Gasteiger partial charge in [0.2, 0.25) is 15.7 Å². The summed E-state index contributed by atoms with van der Waals surface area (Å²) in [4.78, 5) is 8.78. The molecule has 2 aromatic carbocycles. The van der Waals surface area contributed by atoms with Gasteiger partial charge in [0.25, 0.3) is 0 Å². The van der Waals surface area contributed by atoms with E-state index in [4.69, 9.17) is 9.56 Å². The zero-order valence-electron chi connectivity index (χ0n) is 17.9. The van der Waals surface area contributed by atoms with Gasteiger partial charge < -0.3 is 4.42 Å². The van der Waals surface area contributed by atoms with Crippen molar-refractivity contribution in [3.8, 4) is 33.8 Å². The molecule has 0 fully saturated rings. The third-order valence-corrected chi connectivity index (χ3v) is 6.20. The molecular formula is C24H20FN5O3S. The summed E-state index contributed by atoms with van der Waals surface area (Å²) in [5.41, 5.74) is 3.90. The number of benzene rings is 2. The third-order valence-electron chi connectivity index (χ3n) is 5.34. The Morgan fingerprint density at radius 1 is 0.971 bits per heavy atom. The fourth-order valence-electron chi connectivity index (χ4n) is 3.77. The molecule has 3 aromatic heterocycles. The van der Waals surface area contributed by atoms with E-state index in [9.17, 15) is 12.8 Å². The second-order valence-electron chi connectivity index (χ2n) is 7.80. The number of nitrogens with two attached hydrogens (primary N) is 1. The first-order valence-electron chi connectivity index (χ1n) is 10.5. The van der Waals surface area contributed by atoms with E-state index >= 15 is 0 Å². The number of hydrogen-bond donors (Lipinski definition) is 1. The lowest BCUT2D eigenvalue weighted by Crippen LogP contribution is -2.17. The number of primary sulfonamides is 1. The minimum Gasteiger partial charge on any atom is -0.438 e. The SMILES string of the molecule is NS(=O)(=O)CCCn1cc(-c2ncnc3oc(-c4ccccc4)cc23)c(-c2ccc(F)cc2)n1. The number of fused-ring (bicyclic) bond motifs is 1. The molecule has 0 aliphatic rings. The van der Waals surface area contributed by atoms with Crippen LogP contribution in [0, 0.1) is 5.82 Å². The summed E-state index contributed by atoms with van der Waals surface area (Å²) in [7, 11) is -3.57. The summed E-state index contributed by atoms with van der Waals surface area (Å²) < 4.78 is 43.8. The largest absolute Gasteiger partial charge is 0.438 e. The van der Waals surface area contributed by atoms with E-state index in [1.54, 1.807) is 23.0 Å². The lowest BCUT2D eigenvalue weighted by molar-refractivity contribution is 0.574. The minimum atomic E-state index is -3.57. The van der Waals surface area contributed by atoms with Crippen LogP contribution in [0.2, 0.25) is 0 Å². The van der Waals surface area contributed by atoms with Crippen molar-refractivity contribution in [2.45, 2.75) is 13.0 Å². The number of hydrogen-bond acceptors (Lipinski definition) is 6. The Labute approximate surface area is 194 Å². The van der Waals surface area contributed by atoms with Gasteiger partial charge in [-0.25, -0.2) is 27.9 Å². The van der Waals surface area contributed by atoms with Crippen LogP contribution < -0.4 is 5.14 Å². The maximum atomic E-state index is 13.6. The molecular weight excluding hydrogens is 457 g/mol. The normalized spacial score (nSPS) is 11.8. The molecule has 0 aliphatic heterocycles. The fourth-order valence-corrected chi connectivity index (χ4v) is 4.30. The molecule has 3 heterocycles. The molecule has 5 aromatic rings. The van der Waals surface area contributed by atoms with Crippen LogP contribution in [-0.4, -0.2) is 33.9 Å². The Bertz CT molecular complexity index is 1560. The monoisotopic (exact) mass is 477 g/mol. The Balaban J connectivity index is 1.61. The molecule has 2 N–H and O–H groups in total. The van der Waals surface area contributed by atoms with Gasteiger partial charge in [-0.2, -0.15) is 5.10 Å². The first-order chi connectivity index (χ1) is 16.4. The Morgan fingerprint density at radius 3 is 2.47 bits per heavy atom. The maximum Gasteiger partial charge on any atom is 0.230 e. The third kappa shape index (κ3) is 4.59. The molecule has 0 aliphatic carbocycles. The molecule has 0 saturated heterocycles. The van der Waals surface area contributed by atoms with Gasteiger partial charge in [0.1, 0.15) is 23.6 Å². The molecule has 10 heteroatoms. The number of furan rings is 1. The molecule has 172 valence electrons. The number of sulfonamides is 1. The van der Waals surface area contributed by atoms with Crippen LogP contribution in [0.4, 0.5) is 4.39 Å². The summed E-state index contributed by atoms with van der Waals surface area (Å²) in [5, 5.41) is 10.5. The lowest BCUT2D eigenvalue weighted by Gasteiger charge is -2.03. The maximum absolute atomic E-state index is 13.6. The quantitative estimate of drug-likeness (QED) is 0.375. The molecule has 34 heavy (non-hydrogen) atoms. The molecule has 0 radical (unpaired) electrons. The second kappa shape index (κ2) is 8.81. The van der Waals surface area contributed by atoms with Crippen molar-refractivity contribution in [1.29, 1.82) is 0 Å². The Hall–Kier alpha value is -3.89. The molecule has 0 unspecified atom stereocenters. The van der Waals surface area contributed by atoms with Gasteiger partial charge >= 0.3 is 0 Å². The topological polar surface area (TPSA) is 117 Å². The van der Waals surface area contributed by atoms with Crippen molar-refractivity contribution in [3.63, 3.8) is 0 Å². The van der Waals surface area contributed by atoms with Crippen molar-refractivity contribution < 1.29 is 17.2 Å². The van der Waals surface area contributed by atoms with Gasteiger partial charge in [-0.15, -0.1) is 0 Å².